The summed E-state index contributed by atoms with van der Waals surface area (Å²) in [6, 6.07) is 6.50. The van der Waals surface area contributed by atoms with Crippen LogP contribution in [0.5, 0.6) is 0 Å². The molecular weight excluding hydrogens is 414 g/mol. The molecule has 2 fully saturated rings. The number of halogens is 3. The van der Waals surface area contributed by atoms with Gasteiger partial charge in [-0.25, -0.2) is 9.37 Å². The zero-order chi connectivity index (χ0) is 20.3. The Morgan fingerprint density at radius 3 is 2.62 bits per heavy atom. The zero-order valence-corrected chi connectivity index (χ0v) is 17.9. The van der Waals surface area contributed by atoms with Crippen molar-refractivity contribution >= 4 is 34.9 Å². The van der Waals surface area contributed by atoms with Gasteiger partial charge in [0.15, 0.2) is 0 Å². The summed E-state index contributed by atoms with van der Waals surface area (Å²) in [6.45, 7) is 4.37. The van der Waals surface area contributed by atoms with Crippen molar-refractivity contribution in [2.75, 3.05) is 42.9 Å². The van der Waals surface area contributed by atoms with E-state index in [0.717, 1.165) is 51.3 Å². The minimum atomic E-state index is -1.07. The second kappa shape index (κ2) is 9.11. The Hall–Kier alpha value is -1.50. The first-order chi connectivity index (χ1) is 14.0. The number of hydrogen-bond donors (Lipinski definition) is 1. The van der Waals surface area contributed by atoms with Crippen LogP contribution in [0.4, 0.5) is 16.1 Å². The Kier molecular flexibility index (Phi) is 6.52. The monoisotopic (exact) mass is 440 g/mol. The summed E-state index contributed by atoms with van der Waals surface area (Å²) in [7, 11) is 0. The quantitative estimate of drug-likeness (QED) is 0.663. The fourth-order valence-corrected chi connectivity index (χ4v) is 4.72. The third kappa shape index (κ3) is 5.16. The number of benzene rings is 1. The van der Waals surface area contributed by atoms with Crippen molar-refractivity contribution in [3.05, 3.63) is 40.7 Å². The van der Waals surface area contributed by atoms with Gasteiger partial charge in [0.25, 0.3) is 6.01 Å². The van der Waals surface area contributed by atoms with Gasteiger partial charge in [0.1, 0.15) is 11.9 Å². The number of rotatable bonds is 6. The van der Waals surface area contributed by atoms with E-state index in [-0.39, 0.29) is 6.04 Å². The van der Waals surface area contributed by atoms with Crippen molar-refractivity contribution in [3.8, 4) is 0 Å². The fourth-order valence-electron chi connectivity index (χ4n) is 4.31. The van der Waals surface area contributed by atoms with E-state index >= 15 is 4.39 Å². The molecule has 1 aromatic heterocycles. The minimum Gasteiger partial charge on any atom is -0.432 e. The molecule has 0 unspecified atom stereocenters. The standard InChI is InChI=1S/C21H27Cl2FN4O/c22-17-2-1-3-18(19(17)23)28-13-11-27(12-14-28)10-8-21(24)6-4-16(5-7-21)26-20-25-9-15-29-20/h1-3,9,15-16H,4-8,10-14H2,(H,25,26). The Balaban J connectivity index is 1.21. The fraction of sp³-hybridized carbons (Fsp3) is 0.571. The van der Waals surface area contributed by atoms with Gasteiger partial charge in [-0.15, -0.1) is 0 Å². The summed E-state index contributed by atoms with van der Waals surface area (Å²) in [4.78, 5) is 8.70. The third-order valence-electron chi connectivity index (χ3n) is 6.16. The molecule has 29 heavy (non-hydrogen) atoms. The summed E-state index contributed by atoms with van der Waals surface area (Å²) in [5.74, 6) is 0. The van der Waals surface area contributed by atoms with E-state index in [1.54, 1.807) is 18.5 Å². The van der Waals surface area contributed by atoms with Crippen LogP contribution >= 0.6 is 23.2 Å². The SMILES string of the molecule is FC1(CCN2CCN(c3cccc(Cl)c3Cl)CC2)CCC(Nc2ncco2)CC1. The predicted octanol–water partition coefficient (Wildman–Crippen LogP) is 5.26. The lowest BCUT2D eigenvalue weighted by molar-refractivity contribution is 0.0746. The average Bonchev–Trinajstić information content (AvgIpc) is 3.24. The Morgan fingerprint density at radius 2 is 1.93 bits per heavy atom. The first-order valence-electron chi connectivity index (χ1n) is 10.3. The Morgan fingerprint density at radius 1 is 1.17 bits per heavy atom. The maximum Gasteiger partial charge on any atom is 0.294 e. The molecule has 0 radical (unpaired) electrons. The highest BCUT2D eigenvalue weighted by molar-refractivity contribution is 6.43. The van der Waals surface area contributed by atoms with Gasteiger partial charge in [0.2, 0.25) is 0 Å². The van der Waals surface area contributed by atoms with Gasteiger partial charge in [-0.2, -0.15) is 0 Å². The van der Waals surface area contributed by atoms with Crippen LogP contribution in [-0.2, 0) is 0 Å². The van der Waals surface area contributed by atoms with Crippen LogP contribution in [0.2, 0.25) is 10.0 Å². The highest BCUT2D eigenvalue weighted by Gasteiger charge is 2.36. The molecule has 0 atom stereocenters. The smallest absolute Gasteiger partial charge is 0.294 e. The Bertz CT molecular complexity index is 788. The number of nitrogens with zero attached hydrogens (tertiary/aromatic N) is 3. The first kappa shape index (κ1) is 20.8. The largest absolute Gasteiger partial charge is 0.432 e. The molecule has 0 spiro atoms. The lowest BCUT2D eigenvalue weighted by Crippen LogP contribution is -2.48. The van der Waals surface area contributed by atoms with Gasteiger partial charge >= 0.3 is 0 Å². The molecule has 2 aliphatic rings. The van der Waals surface area contributed by atoms with Crippen molar-refractivity contribution in [2.24, 2.45) is 0 Å². The number of anilines is 2. The van der Waals surface area contributed by atoms with Crippen LogP contribution in [0.15, 0.2) is 35.1 Å². The molecule has 5 nitrogen and oxygen atoms in total. The molecular formula is C21H27Cl2FN4O. The molecule has 1 aliphatic carbocycles. The van der Waals surface area contributed by atoms with Gasteiger partial charge in [-0.1, -0.05) is 29.3 Å². The number of alkyl halides is 1. The number of aromatic nitrogens is 1. The van der Waals surface area contributed by atoms with E-state index in [2.05, 4.69) is 20.1 Å². The normalized spacial score (nSPS) is 25.9. The number of oxazole rings is 1. The maximum atomic E-state index is 15.3. The van der Waals surface area contributed by atoms with Crippen LogP contribution < -0.4 is 10.2 Å². The summed E-state index contributed by atoms with van der Waals surface area (Å²) >= 11 is 12.5. The van der Waals surface area contributed by atoms with Crippen LogP contribution in [0.3, 0.4) is 0 Å². The van der Waals surface area contributed by atoms with Gasteiger partial charge in [-0.05, 0) is 44.2 Å². The molecule has 1 aliphatic heterocycles. The zero-order valence-electron chi connectivity index (χ0n) is 16.4. The average molecular weight is 441 g/mol. The second-order valence-electron chi connectivity index (χ2n) is 8.06. The summed E-state index contributed by atoms with van der Waals surface area (Å²) in [5, 5.41) is 4.45. The van der Waals surface area contributed by atoms with Gasteiger partial charge in [0, 0.05) is 38.8 Å². The molecule has 1 aromatic carbocycles. The molecule has 0 amide bonds. The van der Waals surface area contributed by atoms with Crippen molar-refractivity contribution < 1.29 is 8.81 Å². The molecule has 1 N–H and O–H groups in total. The summed E-state index contributed by atoms with van der Waals surface area (Å²) < 4.78 is 20.5. The molecule has 8 heteroatoms. The van der Waals surface area contributed by atoms with Gasteiger partial charge < -0.3 is 14.6 Å². The molecule has 1 saturated heterocycles. The third-order valence-corrected chi connectivity index (χ3v) is 6.97. The van der Waals surface area contributed by atoms with E-state index < -0.39 is 5.67 Å². The minimum absolute atomic E-state index is 0.239. The highest BCUT2D eigenvalue weighted by atomic mass is 35.5. The molecule has 2 aromatic rings. The lowest BCUT2D eigenvalue weighted by Gasteiger charge is -2.39. The number of nitrogens with one attached hydrogen (secondary N) is 1. The van der Waals surface area contributed by atoms with Crippen molar-refractivity contribution in [2.45, 2.75) is 43.8 Å². The van der Waals surface area contributed by atoms with Gasteiger partial charge in [-0.3, -0.25) is 4.90 Å². The maximum absolute atomic E-state index is 15.3. The Labute approximate surface area is 181 Å². The lowest BCUT2D eigenvalue weighted by atomic mass is 9.81. The van der Waals surface area contributed by atoms with E-state index in [0.29, 0.717) is 35.3 Å². The molecule has 1 saturated carbocycles. The molecule has 0 bridgehead atoms. The van der Waals surface area contributed by atoms with Crippen LogP contribution in [0.25, 0.3) is 0 Å². The molecule has 2 heterocycles. The molecule has 158 valence electrons. The summed E-state index contributed by atoms with van der Waals surface area (Å²) in [5.41, 5.74) is -0.0834. The topological polar surface area (TPSA) is 44.5 Å². The highest BCUT2D eigenvalue weighted by Crippen LogP contribution is 2.36. The summed E-state index contributed by atoms with van der Waals surface area (Å²) in [6.07, 6.45) is 6.54. The van der Waals surface area contributed by atoms with E-state index in [9.17, 15) is 0 Å². The number of hydrogen-bond acceptors (Lipinski definition) is 5. The van der Waals surface area contributed by atoms with Crippen molar-refractivity contribution in [1.82, 2.24) is 9.88 Å². The van der Waals surface area contributed by atoms with Crippen LogP contribution in [0.1, 0.15) is 32.1 Å². The van der Waals surface area contributed by atoms with Crippen LogP contribution in [0, 0.1) is 0 Å². The van der Waals surface area contributed by atoms with Crippen molar-refractivity contribution in [3.63, 3.8) is 0 Å². The van der Waals surface area contributed by atoms with E-state index in [1.165, 1.54) is 0 Å². The van der Waals surface area contributed by atoms with Gasteiger partial charge in [0.05, 0.1) is 21.9 Å². The first-order valence-corrected chi connectivity index (χ1v) is 11.0. The second-order valence-corrected chi connectivity index (χ2v) is 8.84. The van der Waals surface area contributed by atoms with Crippen LogP contribution in [-0.4, -0.2) is 54.3 Å². The van der Waals surface area contributed by atoms with E-state index in [4.69, 9.17) is 27.6 Å². The molecule has 4 rings (SSSR count). The predicted molar refractivity (Wildman–Crippen MR) is 116 cm³/mol. The van der Waals surface area contributed by atoms with Crippen molar-refractivity contribution in [1.29, 1.82) is 0 Å². The van der Waals surface area contributed by atoms with E-state index in [1.807, 2.05) is 12.1 Å². The number of piperazine rings is 1.